The molecular formula is C11H9N3OS2. The van der Waals surface area contributed by atoms with E-state index in [9.17, 15) is 0 Å². The number of nitrogens with zero attached hydrogens (tertiary/aromatic N) is 2. The van der Waals surface area contributed by atoms with Crippen LogP contribution in [0.2, 0.25) is 0 Å². The van der Waals surface area contributed by atoms with E-state index >= 15 is 0 Å². The first kappa shape index (κ1) is 10.6. The van der Waals surface area contributed by atoms with Gasteiger partial charge in [0, 0.05) is 5.39 Å². The lowest BCUT2D eigenvalue weighted by molar-refractivity contribution is 0.530. The van der Waals surface area contributed by atoms with Crippen molar-refractivity contribution in [1.82, 2.24) is 9.97 Å². The summed E-state index contributed by atoms with van der Waals surface area (Å²) >= 11 is 3.18. The molecule has 0 atom stereocenters. The Morgan fingerprint density at radius 2 is 2.29 bits per heavy atom. The number of thiophene rings is 1. The summed E-state index contributed by atoms with van der Waals surface area (Å²) in [7, 11) is 0. The number of hydrogen-bond donors (Lipinski definition) is 1. The number of hydrogen-bond acceptors (Lipinski definition) is 6. The molecule has 6 heteroatoms. The number of thioether (sulfide) groups is 1. The van der Waals surface area contributed by atoms with Crippen LogP contribution >= 0.6 is 23.1 Å². The summed E-state index contributed by atoms with van der Waals surface area (Å²) in [5.41, 5.74) is 5.68. The molecule has 0 saturated heterocycles. The van der Waals surface area contributed by atoms with Crippen molar-refractivity contribution >= 4 is 39.3 Å². The summed E-state index contributed by atoms with van der Waals surface area (Å²) in [5.74, 6) is 1.99. The molecule has 0 unspecified atom stereocenters. The van der Waals surface area contributed by atoms with Gasteiger partial charge in [-0.2, -0.15) is 0 Å². The molecule has 3 aromatic rings. The average molecular weight is 263 g/mol. The molecule has 86 valence electrons. The molecule has 0 saturated carbocycles. The largest absolute Gasteiger partial charge is 0.468 e. The number of furan rings is 1. The average Bonchev–Trinajstić information content (AvgIpc) is 2.95. The summed E-state index contributed by atoms with van der Waals surface area (Å²) in [5, 5.41) is 3.96. The fourth-order valence-corrected chi connectivity index (χ4v) is 3.25. The maximum atomic E-state index is 5.68. The molecule has 4 nitrogen and oxygen atoms in total. The molecule has 3 heterocycles. The van der Waals surface area contributed by atoms with E-state index in [0.29, 0.717) is 5.95 Å². The van der Waals surface area contributed by atoms with Gasteiger partial charge in [0.05, 0.1) is 12.0 Å². The van der Waals surface area contributed by atoms with Gasteiger partial charge in [0.1, 0.15) is 15.6 Å². The van der Waals surface area contributed by atoms with Crippen molar-refractivity contribution in [3.8, 4) is 0 Å². The van der Waals surface area contributed by atoms with Gasteiger partial charge in [-0.15, -0.1) is 11.3 Å². The number of aromatic nitrogens is 2. The lowest BCUT2D eigenvalue weighted by atomic mass is 10.4. The van der Waals surface area contributed by atoms with Crippen LogP contribution in [0.5, 0.6) is 0 Å². The van der Waals surface area contributed by atoms with Gasteiger partial charge in [0.2, 0.25) is 5.95 Å². The number of fused-ring (bicyclic) bond motifs is 1. The SMILES string of the molecule is Nc1nc(SCc2ccco2)c2ccsc2n1. The summed E-state index contributed by atoms with van der Waals surface area (Å²) in [6.07, 6.45) is 1.67. The molecule has 0 aliphatic rings. The van der Waals surface area contributed by atoms with Gasteiger partial charge in [-0.3, -0.25) is 0 Å². The van der Waals surface area contributed by atoms with E-state index in [1.54, 1.807) is 29.4 Å². The van der Waals surface area contributed by atoms with Crippen LogP contribution in [0.1, 0.15) is 5.76 Å². The van der Waals surface area contributed by atoms with Crippen LogP contribution in [0.3, 0.4) is 0 Å². The summed E-state index contributed by atoms with van der Waals surface area (Å²) < 4.78 is 5.29. The van der Waals surface area contributed by atoms with E-state index in [0.717, 1.165) is 26.8 Å². The maximum absolute atomic E-state index is 5.68. The Labute approximate surface area is 106 Å². The molecular weight excluding hydrogens is 254 g/mol. The molecule has 0 aromatic carbocycles. The van der Waals surface area contributed by atoms with Crippen molar-refractivity contribution in [3.05, 3.63) is 35.6 Å². The van der Waals surface area contributed by atoms with E-state index in [4.69, 9.17) is 10.2 Å². The summed E-state index contributed by atoms with van der Waals surface area (Å²) in [4.78, 5) is 9.39. The van der Waals surface area contributed by atoms with E-state index in [2.05, 4.69) is 9.97 Å². The minimum atomic E-state index is 0.321. The van der Waals surface area contributed by atoms with Gasteiger partial charge < -0.3 is 10.2 Å². The number of nitrogens with two attached hydrogens (primary N) is 1. The van der Waals surface area contributed by atoms with E-state index in [1.165, 1.54) is 0 Å². The normalized spacial score (nSPS) is 11.1. The van der Waals surface area contributed by atoms with Crippen molar-refractivity contribution in [1.29, 1.82) is 0 Å². The Balaban J connectivity index is 1.91. The molecule has 0 fully saturated rings. The van der Waals surface area contributed by atoms with Gasteiger partial charge in [0.15, 0.2) is 0 Å². The third-order valence-corrected chi connectivity index (χ3v) is 4.06. The van der Waals surface area contributed by atoms with Crippen molar-refractivity contribution in [3.63, 3.8) is 0 Å². The predicted octanol–water partition coefficient (Wildman–Crippen LogP) is 3.16. The standard InChI is InChI=1S/C11H9N3OS2/c12-11-13-9-8(3-5-16-9)10(14-11)17-6-7-2-1-4-15-7/h1-5H,6H2,(H2,12,13,14). The van der Waals surface area contributed by atoms with Crippen LogP contribution in [-0.4, -0.2) is 9.97 Å². The minimum Gasteiger partial charge on any atom is -0.468 e. The highest BCUT2D eigenvalue weighted by Crippen LogP contribution is 2.31. The molecule has 0 aliphatic heterocycles. The Hall–Kier alpha value is -1.53. The van der Waals surface area contributed by atoms with Crippen LogP contribution in [0, 0.1) is 0 Å². The second-order valence-corrected chi connectivity index (χ2v) is 5.25. The number of rotatable bonds is 3. The minimum absolute atomic E-state index is 0.321. The van der Waals surface area contributed by atoms with Crippen molar-refractivity contribution in [2.24, 2.45) is 0 Å². The smallest absolute Gasteiger partial charge is 0.222 e. The Kier molecular flexibility index (Phi) is 2.74. The van der Waals surface area contributed by atoms with Crippen molar-refractivity contribution < 1.29 is 4.42 Å². The van der Waals surface area contributed by atoms with Crippen molar-refractivity contribution in [2.45, 2.75) is 10.8 Å². The topological polar surface area (TPSA) is 64.9 Å². The molecule has 0 aliphatic carbocycles. The lowest BCUT2D eigenvalue weighted by Gasteiger charge is -2.01. The first-order valence-corrected chi connectivity index (χ1v) is 6.85. The van der Waals surface area contributed by atoms with Gasteiger partial charge in [0.25, 0.3) is 0 Å². The second kappa shape index (κ2) is 4.38. The van der Waals surface area contributed by atoms with Crippen LogP contribution in [-0.2, 0) is 5.75 Å². The highest BCUT2D eigenvalue weighted by Gasteiger charge is 2.08. The second-order valence-electron chi connectivity index (χ2n) is 3.39. The molecule has 0 spiro atoms. The molecule has 0 amide bonds. The molecule has 17 heavy (non-hydrogen) atoms. The molecule has 3 rings (SSSR count). The first-order chi connectivity index (χ1) is 8.33. The summed E-state index contributed by atoms with van der Waals surface area (Å²) in [6, 6.07) is 5.84. The molecule has 2 N–H and O–H groups in total. The quantitative estimate of drug-likeness (QED) is 0.581. The van der Waals surface area contributed by atoms with Crippen molar-refractivity contribution in [2.75, 3.05) is 5.73 Å². The van der Waals surface area contributed by atoms with E-state index in [-0.39, 0.29) is 0 Å². The zero-order valence-corrected chi connectivity index (χ0v) is 10.4. The van der Waals surface area contributed by atoms with E-state index < -0.39 is 0 Å². The Morgan fingerprint density at radius 1 is 1.35 bits per heavy atom. The summed E-state index contributed by atoms with van der Waals surface area (Å²) in [6.45, 7) is 0. The van der Waals surface area contributed by atoms with Crippen LogP contribution in [0.4, 0.5) is 5.95 Å². The predicted molar refractivity (Wildman–Crippen MR) is 70.1 cm³/mol. The van der Waals surface area contributed by atoms with Gasteiger partial charge in [-0.25, -0.2) is 9.97 Å². The first-order valence-electron chi connectivity index (χ1n) is 4.99. The van der Waals surface area contributed by atoms with Crippen LogP contribution < -0.4 is 5.73 Å². The maximum Gasteiger partial charge on any atom is 0.222 e. The Bertz CT molecular complexity index is 633. The highest BCUT2D eigenvalue weighted by molar-refractivity contribution is 7.98. The fourth-order valence-electron chi connectivity index (χ4n) is 1.49. The van der Waals surface area contributed by atoms with Crippen LogP contribution in [0.25, 0.3) is 10.2 Å². The third-order valence-electron chi connectivity index (χ3n) is 2.24. The van der Waals surface area contributed by atoms with Crippen LogP contribution in [0.15, 0.2) is 39.3 Å². The number of nitrogen functional groups attached to an aromatic ring is 1. The monoisotopic (exact) mass is 263 g/mol. The zero-order chi connectivity index (χ0) is 11.7. The molecule has 0 bridgehead atoms. The third kappa shape index (κ3) is 2.13. The van der Waals surface area contributed by atoms with E-state index in [1.807, 2.05) is 23.6 Å². The van der Waals surface area contributed by atoms with Gasteiger partial charge in [-0.05, 0) is 23.6 Å². The Morgan fingerprint density at radius 3 is 3.12 bits per heavy atom. The number of anilines is 1. The highest BCUT2D eigenvalue weighted by atomic mass is 32.2. The van der Waals surface area contributed by atoms with Gasteiger partial charge >= 0.3 is 0 Å². The molecule has 0 radical (unpaired) electrons. The fraction of sp³-hybridized carbons (Fsp3) is 0.0909. The zero-order valence-electron chi connectivity index (χ0n) is 8.79. The lowest BCUT2D eigenvalue weighted by Crippen LogP contribution is -1.95. The van der Waals surface area contributed by atoms with Gasteiger partial charge in [-0.1, -0.05) is 11.8 Å². The molecule has 3 aromatic heterocycles.